The Balaban J connectivity index is 2.53. The smallest absolute Gasteiger partial charge is 0.407 e. The van der Waals surface area contributed by atoms with Crippen molar-refractivity contribution in [3.8, 4) is 0 Å². The minimum atomic E-state index is -0.530. The molecule has 0 aliphatic heterocycles. The maximum Gasteiger partial charge on any atom is 0.407 e. The Morgan fingerprint density at radius 2 is 1.91 bits per heavy atom. The van der Waals surface area contributed by atoms with Crippen LogP contribution in [0, 0.1) is 0 Å². The van der Waals surface area contributed by atoms with Crippen molar-refractivity contribution >= 4 is 23.4 Å². The second kappa shape index (κ2) is 7.53. The van der Waals surface area contributed by atoms with Crippen LogP contribution in [0.1, 0.15) is 31.1 Å². The summed E-state index contributed by atoms with van der Waals surface area (Å²) < 4.78 is 5.13. The third kappa shape index (κ3) is 5.90. The van der Waals surface area contributed by atoms with E-state index in [-0.39, 0.29) is 5.91 Å². The van der Waals surface area contributed by atoms with Crippen LogP contribution in [0.4, 0.5) is 16.2 Å². The molecule has 1 aromatic rings. The Bertz CT molecular complexity index is 538. The fourth-order valence-corrected chi connectivity index (χ4v) is 1.72. The Morgan fingerprint density at radius 3 is 2.50 bits per heavy atom. The van der Waals surface area contributed by atoms with Crippen molar-refractivity contribution in [3.63, 3.8) is 0 Å². The van der Waals surface area contributed by atoms with Gasteiger partial charge in [0.25, 0.3) is 5.91 Å². The first kappa shape index (κ1) is 17.6. The minimum absolute atomic E-state index is 0.206. The molecule has 0 spiro atoms. The molecule has 7 heteroatoms. The fourth-order valence-electron chi connectivity index (χ4n) is 1.72. The summed E-state index contributed by atoms with van der Waals surface area (Å²) in [4.78, 5) is 23.3. The molecule has 0 aliphatic rings. The summed E-state index contributed by atoms with van der Waals surface area (Å²) in [5, 5.41) is 8.27. The van der Waals surface area contributed by atoms with E-state index in [1.54, 1.807) is 46.0 Å². The van der Waals surface area contributed by atoms with Gasteiger partial charge in [-0.15, -0.1) is 0 Å². The SMILES string of the molecule is CNC(=O)c1ccc(N)cc1NCCNC(=O)OC(C)(C)C. The molecule has 0 fully saturated rings. The van der Waals surface area contributed by atoms with E-state index in [1.165, 1.54) is 0 Å². The number of benzene rings is 1. The van der Waals surface area contributed by atoms with Crippen LogP contribution in [0.3, 0.4) is 0 Å². The maximum absolute atomic E-state index is 11.8. The topological polar surface area (TPSA) is 105 Å². The van der Waals surface area contributed by atoms with Crippen LogP contribution in [-0.2, 0) is 4.74 Å². The number of amides is 2. The Morgan fingerprint density at radius 1 is 1.23 bits per heavy atom. The van der Waals surface area contributed by atoms with E-state index >= 15 is 0 Å². The van der Waals surface area contributed by atoms with Gasteiger partial charge in [0.15, 0.2) is 0 Å². The number of ether oxygens (including phenoxy) is 1. The van der Waals surface area contributed by atoms with Gasteiger partial charge >= 0.3 is 6.09 Å². The summed E-state index contributed by atoms with van der Waals surface area (Å²) in [6.45, 7) is 6.19. The minimum Gasteiger partial charge on any atom is -0.444 e. The summed E-state index contributed by atoms with van der Waals surface area (Å²) >= 11 is 0. The molecular formula is C15H24N4O3. The lowest BCUT2D eigenvalue weighted by atomic mass is 10.1. The molecule has 0 aromatic heterocycles. The average Bonchev–Trinajstić information content (AvgIpc) is 2.41. The van der Waals surface area contributed by atoms with E-state index in [0.717, 1.165) is 0 Å². The summed E-state index contributed by atoms with van der Waals surface area (Å²) in [5.74, 6) is -0.206. The Labute approximate surface area is 130 Å². The molecule has 2 amide bonds. The molecule has 1 aromatic carbocycles. The maximum atomic E-state index is 11.8. The van der Waals surface area contributed by atoms with E-state index in [9.17, 15) is 9.59 Å². The van der Waals surface area contributed by atoms with Crippen molar-refractivity contribution in [2.24, 2.45) is 0 Å². The van der Waals surface area contributed by atoms with Gasteiger partial charge in [-0.05, 0) is 39.0 Å². The molecule has 5 N–H and O–H groups in total. The van der Waals surface area contributed by atoms with E-state index in [2.05, 4.69) is 16.0 Å². The quantitative estimate of drug-likeness (QED) is 0.488. The van der Waals surface area contributed by atoms with Crippen molar-refractivity contribution in [2.75, 3.05) is 31.2 Å². The van der Waals surface area contributed by atoms with Gasteiger partial charge in [-0.3, -0.25) is 4.79 Å². The van der Waals surface area contributed by atoms with Gasteiger partial charge in [-0.2, -0.15) is 0 Å². The fraction of sp³-hybridized carbons (Fsp3) is 0.467. The highest BCUT2D eigenvalue weighted by Gasteiger charge is 2.15. The van der Waals surface area contributed by atoms with Crippen LogP contribution < -0.4 is 21.7 Å². The molecule has 7 nitrogen and oxygen atoms in total. The van der Waals surface area contributed by atoms with Crippen LogP contribution in [0.2, 0.25) is 0 Å². The van der Waals surface area contributed by atoms with Crippen molar-refractivity contribution in [2.45, 2.75) is 26.4 Å². The van der Waals surface area contributed by atoms with Gasteiger partial charge in [0, 0.05) is 31.5 Å². The summed E-state index contributed by atoms with van der Waals surface area (Å²) in [5.41, 5.74) is 6.86. The van der Waals surface area contributed by atoms with Crippen LogP contribution in [0.5, 0.6) is 0 Å². The molecule has 0 unspecified atom stereocenters. The van der Waals surface area contributed by atoms with E-state index < -0.39 is 11.7 Å². The van der Waals surface area contributed by atoms with E-state index in [1.807, 2.05) is 0 Å². The molecule has 122 valence electrons. The van der Waals surface area contributed by atoms with E-state index in [4.69, 9.17) is 10.5 Å². The summed E-state index contributed by atoms with van der Waals surface area (Å²) in [6.07, 6.45) is -0.478. The standard InChI is InChI=1S/C15H24N4O3/c1-15(2,3)22-14(21)19-8-7-18-12-9-10(16)5-6-11(12)13(20)17-4/h5-6,9,18H,7-8,16H2,1-4H3,(H,17,20)(H,19,21). The lowest BCUT2D eigenvalue weighted by Gasteiger charge is -2.20. The zero-order valence-electron chi connectivity index (χ0n) is 13.4. The molecule has 22 heavy (non-hydrogen) atoms. The second-order valence-electron chi connectivity index (χ2n) is 5.74. The number of hydrogen-bond donors (Lipinski definition) is 4. The number of nitrogens with two attached hydrogens (primary N) is 1. The molecule has 0 saturated carbocycles. The highest BCUT2D eigenvalue weighted by Crippen LogP contribution is 2.18. The molecule has 0 radical (unpaired) electrons. The third-order valence-electron chi connectivity index (χ3n) is 2.62. The van der Waals surface area contributed by atoms with Gasteiger partial charge in [0.05, 0.1) is 5.56 Å². The third-order valence-corrected chi connectivity index (χ3v) is 2.62. The lowest BCUT2D eigenvalue weighted by molar-refractivity contribution is 0.0530. The molecule has 1 rings (SSSR count). The molecule has 0 atom stereocenters. The number of alkyl carbamates (subject to hydrolysis) is 1. The molecule has 0 saturated heterocycles. The second-order valence-corrected chi connectivity index (χ2v) is 5.74. The molecule has 0 aliphatic carbocycles. The van der Waals surface area contributed by atoms with Crippen LogP contribution >= 0.6 is 0 Å². The number of nitrogen functional groups attached to an aromatic ring is 1. The predicted octanol–water partition coefficient (Wildman–Crippen LogP) is 1.56. The first-order valence-electron chi connectivity index (χ1n) is 7.05. The lowest BCUT2D eigenvalue weighted by Crippen LogP contribution is -2.35. The first-order chi connectivity index (χ1) is 10.2. The predicted molar refractivity (Wildman–Crippen MR) is 87.0 cm³/mol. The number of carbonyl (C=O) groups is 2. The van der Waals surface area contributed by atoms with Crippen LogP contribution in [-0.4, -0.2) is 37.7 Å². The molecule has 0 heterocycles. The largest absolute Gasteiger partial charge is 0.444 e. The van der Waals surface area contributed by atoms with Gasteiger partial charge in [0.1, 0.15) is 5.60 Å². The highest BCUT2D eigenvalue weighted by molar-refractivity contribution is 6.00. The summed E-state index contributed by atoms with van der Waals surface area (Å²) in [6, 6.07) is 4.99. The zero-order valence-corrected chi connectivity index (χ0v) is 13.4. The number of nitrogens with one attached hydrogen (secondary N) is 3. The van der Waals surface area contributed by atoms with Crippen LogP contribution in [0.25, 0.3) is 0 Å². The number of hydrogen-bond acceptors (Lipinski definition) is 5. The zero-order chi connectivity index (χ0) is 16.8. The Hall–Kier alpha value is -2.44. The average molecular weight is 308 g/mol. The highest BCUT2D eigenvalue weighted by atomic mass is 16.6. The number of anilines is 2. The van der Waals surface area contributed by atoms with Crippen molar-refractivity contribution in [1.82, 2.24) is 10.6 Å². The monoisotopic (exact) mass is 308 g/mol. The molecular weight excluding hydrogens is 284 g/mol. The van der Waals surface area contributed by atoms with Gasteiger partial charge in [0.2, 0.25) is 0 Å². The normalized spacial score (nSPS) is 10.7. The van der Waals surface area contributed by atoms with Gasteiger partial charge in [-0.1, -0.05) is 0 Å². The van der Waals surface area contributed by atoms with Crippen molar-refractivity contribution < 1.29 is 14.3 Å². The summed E-state index contributed by atoms with van der Waals surface area (Å²) in [7, 11) is 1.56. The first-order valence-corrected chi connectivity index (χ1v) is 7.05. The number of carbonyl (C=O) groups excluding carboxylic acids is 2. The van der Waals surface area contributed by atoms with Crippen molar-refractivity contribution in [1.29, 1.82) is 0 Å². The van der Waals surface area contributed by atoms with E-state index in [0.29, 0.717) is 30.0 Å². The Kier molecular flexibility index (Phi) is 6.03. The van der Waals surface area contributed by atoms with Gasteiger partial charge < -0.3 is 26.4 Å². The number of rotatable bonds is 5. The molecule has 0 bridgehead atoms. The van der Waals surface area contributed by atoms with Gasteiger partial charge in [-0.25, -0.2) is 4.79 Å². The van der Waals surface area contributed by atoms with Crippen LogP contribution in [0.15, 0.2) is 18.2 Å². The van der Waals surface area contributed by atoms with Crippen molar-refractivity contribution in [3.05, 3.63) is 23.8 Å².